The summed E-state index contributed by atoms with van der Waals surface area (Å²) >= 11 is 1.57. The Morgan fingerprint density at radius 2 is 2.12 bits per heavy atom. The topological polar surface area (TPSA) is 60.1 Å². The Bertz CT molecular complexity index is 867. The molecule has 1 amide bonds. The zero-order valence-electron chi connectivity index (χ0n) is 13.9. The van der Waals surface area contributed by atoms with Crippen LogP contribution in [0.2, 0.25) is 0 Å². The predicted molar refractivity (Wildman–Crippen MR) is 95.3 cm³/mol. The molecule has 0 spiro atoms. The number of nitrogens with one attached hydrogen (secondary N) is 1. The Balaban J connectivity index is 1.65. The number of rotatable bonds is 5. The van der Waals surface area contributed by atoms with E-state index in [2.05, 4.69) is 10.3 Å². The van der Waals surface area contributed by atoms with E-state index >= 15 is 0 Å². The van der Waals surface area contributed by atoms with Crippen LogP contribution in [0, 0.1) is 13.8 Å². The summed E-state index contributed by atoms with van der Waals surface area (Å²) in [5.41, 5.74) is 3.00. The molecular formula is C18H19N3O2S. The van der Waals surface area contributed by atoms with Gasteiger partial charge in [0.2, 0.25) is 0 Å². The van der Waals surface area contributed by atoms with Gasteiger partial charge in [0.15, 0.2) is 10.9 Å². The lowest BCUT2D eigenvalue weighted by molar-refractivity contribution is 0.0995. The van der Waals surface area contributed by atoms with Gasteiger partial charge in [-0.25, -0.2) is 4.98 Å². The molecule has 0 aliphatic heterocycles. The zero-order valence-corrected chi connectivity index (χ0v) is 14.7. The molecule has 24 heavy (non-hydrogen) atoms. The first kappa shape index (κ1) is 16.4. The molecule has 0 radical (unpaired) electrons. The Morgan fingerprint density at radius 3 is 2.88 bits per heavy atom. The molecule has 0 atom stereocenters. The highest BCUT2D eigenvalue weighted by molar-refractivity contribution is 7.98. The van der Waals surface area contributed by atoms with Crippen molar-refractivity contribution in [2.75, 3.05) is 5.32 Å². The lowest BCUT2D eigenvalue weighted by Gasteiger charge is -2.09. The fourth-order valence-electron chi connectivity index (χ4n) is 2.27. The van der Waals surface area contributed by atoms with E-state index in [0.29, 0.717) is 11.5 Å². The molecule has 6 heteroatoms. The molecule has 0 aliphatic rings. The number of carbonyl (C=O) groups excluding carboxylic acids is 1. The second kappa shape index (κ2) is 6.97. The molecule has 2 aromatic heterocycles. The van der Waals surface area contributed by atoms with Crippen LogP contribution in [0.25, 0.3) is 0 Å². The van der Waals surface area contributed by atoms with Crippen molar-refractivity contribution in [2.45, 2.75) is 24.8 Å². The number of nitrogens with zero attached hydrogens (tertiary/aromatic N) is 2. The average Bonchev–Trinajstić information content (AvgIpc) is 3.19. The van der Waals surface area contributed by atoms with Crippen LogP contribution in [-0.4, -0.2) is 15.5 Å². The van der Waals surface area contributed by atoms with Gasteiger partial charge in [-0.05, 0) is 43.2 Å². The molecule has 0 saturated carbocycles. The Hall–Kier alpha value is -2.47. The number of aromatic nitrogens is 2. The van der Waals surface area contributed by atoms with Crippen LogP contribution in [0.1, 0.15) is 27.4 Å². The van der Waals surface area contributed by atoms with Gasteiger partial charge in [0.1, 0.15) is 5.76 Å². The number of aryl methyl sites for hydroxylation is 2. The van der Waals surface area contributed by atoms with Crippen LogP contribution < -0.4 is 5.32 Å². The van der Waals surface area contributed by atoms with E-state index in [-0.39, 0.29) is 5.91 Å². The summed E-state index contributed by atoms with van der Waals surface area (Å²) in [6.07, 6.45) is 3.65. The maximum atomic E-state index is 12.3. The summed E-state index contributed by atoms with van der Waals surface area (Å²) in [5, 5.41) is 3.81. The maximum Gasteiger partial charge on any atom is 0.291 e. The first-order valence-electron chi connectivity index (χ1n) is 7.61. The van der Waals surface area contributed by atoms with E-state index in [4.69, 9.17) is 4.42 Å². The third-order valence-electron chi connectivity index (χ3n) is 3.86. The van der Waals surface area contributed by atoms with Crippen molar-refractivity contribution in [3.8, 4) is 0 Å². The minimum absolute atomic E-state index is 0.239. The monoisotopic (exact) mass is 341 g/mol. The zero-order chi connectivity index (χ0) is 17.1. The molecule has 5 nitrogen and oxygen atoms in total. The fourth-order valence-corrected chi connectivity index (χ4v) is 3.10. The van der Waals surface area contributed by atoms with Crippen LogP contribution in [-0.2, 0) is 12.8 Å². The molecule has 0 aliphatic carbocycles. The van der Waals surface area contributed by atoms with Gasteiger partial charge in [-0.3, -0.25) is 4.79 Å². The lowest BCUT2D eigenvalue weighted by Crippen LogP contribution is -2.12. The third kappa shape index (κ3) is 3.54. The number of thioether (sulfide) groups is 1. The van der Waals surface area contributed by atoms with Crippen LogP contribution >= 0.6 is 11.8 Å². The number of hydrogen-bond acceptors (Lipinski definition) is 4. The smallest absolute Gasteiger partial charge is 0.291 e. The number of imidazole rings is 1. The second-order valence-electron chi connectivity index (χ2n) is 5.58. The van der Waals surface area contributed by atoms with Crippen LogP contribution in [0.3, 0.4) is 0 Å². The van der Waals surface area contributed by atoms with E-state index in [1.165, 1.54) is 0 Å². The van der Waals surface area contributed by atoms with Gasteiger partial charge in [-0.1, -0.05) is 23.9 Å². The van der Waals surface area contributed by atoms with Crippen molar-refractivity contribution in [3.05, 3.63) is 65.4 Å². The third-order valence-corrected chi connectivity index (χ3v) is 4.94. The minimum atomic E-state index is -0.239. The molecular weight excluding hydrogens is 322 g/mol. The van der Waals surface area contributed by atoms with Gasteiger partial charge in [0.25, 0.3) is 5.91 Å². The van der Waals surface area contributed by atoms with Crippen molar-refractivity contribution in [2.24, 2.45) is 7.05 Å². The van der Waals surface area contributed by atoms with Crippen molar-refractivity contribution in [3.63, 3.8) is 0 Å². The average molecular weight is 341 g/mol. The molecule has 0 saturated heterocycles. The maximum absolute atomic E-state index is 12.3. The Kier molecular flexibility index (Phi) is 4.76. The molecule has 0 unspecified atom stereocenters. The number of amides is 1. The summed E-state index contributed by atoms with van der Waals surface area (Å²) in [5.74, 6) is 1.44. The van der Waals surface area contributed by atoms with E-state index in [1.807, 2.05) is 55.9 Å². The second-order valence-corrected chi connectivity index (χ2v) is 6.52. The number of carbonyl (C=O) groups is 1. The minimum Gasteiger partial charge on any atom is -0.455 e. The van der Waals surface area contributed by atoms with Crippen molar-refractivity contribution in [1.29, 1.82) is 0 Å². The highest BCUT2D eigenvalue weighted by atomic mass is 32.2. The predicted octanol–water partition coefficient (Wildman–Crippen LogP) is 4.17. The quantitative estimate of drug-likeness (QED) is 0.708. The van der Waals surface area contributed by atoms with Crippen molar-refractivity contribution >= 4 is 23.4 Å². The molecule has 0 fully saturated rings. The largest absolute Gasteiger partial charge is 0.455 e. The lowest BCUT2D eigenvalue weighted by atomic mass is 10.1. The number of furan rings is 1. The van der Waals surface area contributed by atoms with Gasteiger partial charge in [0, 0.05) is 25.1 Å². The van der Waals surface area contributed by atoms with Crippen molar-refractivity contribution in [1.82, 2.24) is 9.55 Å². The number of hydrogen-bond donors (Lipinski definition) is 1. The summed E-state index contributed by atoms with van der Waals surface area (Å²) < 4.78 is 7.60. The van der Waals surface area contributed by atoms with E-state index in [0.717, 1.165) is 27.7 Å². The highest BCUT2D eigenvalue weighted by Gasteiger charge is 2.13. The molecule has 3 aromatic rings. The van der Waals surface area contributed by atoms with Gasteiger partial charge in [0.05, 0.1) is 5.75 Å². The van der Waals surface area contributed by atoms with Gasteiger partial charge < -0.3 is 14.3 Å². The first-order valence-corrected chi connectivity index (χ1v) is 8.59. The summed E-state index contributed by atoms with van der Waals surface area (Å²) in [4.78, 5) is 16.6. The van der Waals surface area contributed by atoms with Crippen LogP contribution in [0.15, 0.2) is 52.3 Å². The highest BCUT2D eigenvalue weighted by Crippen LogP contribution is 2.23. The van der Waals surface area contributed by atoms with Gasteiger partial charge >= 0.3 is 0 Å². The molecule has 3 rings (SSSR count). The molecule has 0 bridgehead atoms. The molecule has 124 valence electrons. The first-order chi connectivity index (χ1) is 11.5. The number of anilines is 1. The summed E-state index contributed by atoms with van der Waals surface area (Å²) in [7, 11) is 1.94. The van der Waals surface area contributed by atoms with Crippen molar-refractivity contribution < 1.29 is 9.21 Å². The van der Waals surface area contributed by atoms with E-state index in [9.17, 15) is 4.79 Å². The standard InChI is InChI=1S/C18H19N3O2S/c1-12-5-4-6-15(13(12)2)20-17(22)16-8-7-14(23-16)11-24-18-19-9-10-21(18)3/h4-10H,11H2,1-3H3,(H,20,22). The Labute approximate surface area is 145 Å². The van der Waals surface area contributed by atoms with Gasteiger partial charge in [-0.15, -0.1) is 0 Å². The molecule has 2 heterocycles. The van der Waals surface area contributed by atoms with E-state index in [1.54, 1.807) is 24.0 Å². The molecule has 1 N–H and O–H groups in total. The van der Waals surface area contributed by atoms with Crippen LogP contribution in [0.4, 0.5) is 5.69 Å². The SMILES string of the molecule is Cc1cccc(NC(=O)c2ccc(CSc3nccn3C)o2)c1C. The van der Waals surface area contributed by atoms with Gasteiger partial charge in [-0.2, -0.15) is 0 Å². The Morgan fingerprint density at radius 1 is 1.29 bits per heavy atom. The molecule has 1 aromatic carbocycles. The summed E-state index contributed by atoms with van der Waals surface area (Å²) in [6.45, 7) is 4.01. The fraction of sp³-hybridized carbons (Fsp3) is 0.222. The van der Waals surface area contributed by atoms with Crippen LogP contribution in [0.5, 0.6) is 0 Å². The normalized spacial score (nSPS) is 10.8. The van der Waals surface area contributed by atoms with E-state index < -0.39 is 0 Å². The number of benzene rings is 1. The summed E-state index contributed by atoms with van der Waals surface area (Å²) in [6, 6.07) is 9.36.